The minimum absolute atomic E-state index is 0.166. The maximum atomic E-state index is 13.1. The smallest absolute Gasteiger partial charge is 0.191 e. The Hall–Kier alpha value is -1.23. The Morgan fingerprint density at radius 2 is 2.09 bits per heavy atom. The molecule has 0 saturated carbocycles. The summed E-state index contributed by atoms with van der Waals surface area (Å²) in [5.41, 5.74) is 1.03. The predicted molar refractivity (Wildman–Crippen MR) is 96.3 cm³/mol. The molecule has 0 atom stereocenters. The van der Waals surface area contributed by atoms with Gasteiger partial charge in [0.05, 0.1) is 0 Å². The van der Waals surface area contributed by atoms with E-state index < -0.39 is 0 Å². The predicted octanol–water partition coefficient (Wildman–Crippen LogP) is 3.46. The second-order valence-electron chi connectivity index (χ2n) is 5.12. The first-order chi connectivity index (χ1) is 10.8. The van der Waals surface area contributed by atoms with E-state index in [0.29, 0.717) is 0 Å². The molecule has 0 aliphatic carbocycles. The van der Waals surface area contributed by atoms with E-state index in [-0.39, 0.29) is 5.82 Å². The highest BCUT2D eigenvalue weighted by Crippen LogP contribution is 2.06. The molecule has 0 heterocycles. The summed E-state index contributed by atoms with van der Waals surface area (Å²) in [5, 5.41) is 6.61. The quantitative estimate of drug-likeness (QED) is 0.393. The number of aryl methyl sites for hydroxylation is 1. The molecule has 0 spiro atoms. The van der Waals surface area contributed by atoms with Crippen LogP contribution in [0.5, 0.6) is 0 Å². The number of rotatable bonds is 10. The lowest BCUT2D eigenvalue weighted by Gasteiger charge is -2.11. The Bertz CT molecular complexity index is 438. The van der Waals surface area contributed by atoms with E-state index >= 15 is 0 Å². The molecule has 0 bridgehead atoms. The van der Waals surface area contributed by atoms with Crippen LogP contribution in [0.1, 0.15) is 31.7 Å². The number of thioether (sulfide) groups is 1. The van der Waals surface area contributed by atoms with E-state index in [0.717, 1.165) is 50.4 Å². The van der Waals surface area contributed by atoms with Gasteiger partial charge in [-0.3, -0.25) is 4.99 Å². The zero-order valence-electron chi connectivity index (χ0n) is 13.7. The summed E-state index contributed by atoms with van der Waals surface area (Å²) >= 11 is 1.89. The van der Waals surface area contributed by atoms with Crippen molar-refractivity contribution in [3.05, 3.63) is 35.6 Å². The van der Waals surface area contributed by atoms with Crippen molar-refractivity contribution in [2.24, 2.45) is 4.99 Å². The fraction of sp³-hybridized carbons (Fsp3) is 0.588. The highest BCUT2D eigenvalue weighted by atomic mass is 32.2. The molecule has 1 aromatic carbocycles. The van der Waals surface area contributed by atoms with Gasteiger partial charge in [-0.15, -0.1) is 0 Å². The third-order valence-corrected chi connectivity index (χ3v) is 3.89. The lowest BCUT2D eigenvalue weighted by molar-refractivity contribution is 0.624. The first kappa shape index (κ1) is 18.8. The SMILES string of the molecule is CCNC(=NCCCc1cccc(F)c1)NCCCCSC. The van der Waals surface area contributed by atoms with Crippen LogP contribution in [0.25, 0.3) is 0 Å². The van der Waals surface area contributed by atoms with Crippen LogP contribution in [-0.2, 0) is 6.42 Å². The van der Waals surface area contributed by atoms with Gasteiger partial charge in [0.25, 0.3) is 0 Å². The molecule has 1 rings (SSSR count). The van der Waals surface area contributed by atoms with Crippen molar-refractivity contribution in [2.75, 3.05) is 31.6 Å². The summed E-state index contributed by atoms with van der Waals surface area (Å²) < 4.78 is 13.1. The molecule has 2 N–H and O–H groups in total. The molecule has 0 saturated heterocycles. The standard InChI is InChI=1S/C17H28FN3S/c1-3-19-17(20-11-4-5-13-22-2)21-12-7-9-15-8-6-10-16(18)14-15/h6,8,10,14H,3-5,7,9,11-13H2,1-2H3,(H2,19,20,21). The van der Waals surface area contributed by atoms with Crippen molar-refractivity contribution in [3.8, 4) is 0 Å². The topological polar surface area (TPSA) is 36.4 Å². The molecule has 0 fully saturated rings. The summed E-state index contributed by atoms with van der Waals surface area (Å²) in [6, 6.07) is 6.79. The minimum Gasteiger partial charge on any atom is -0.357 e. The molecule has 0 unspecified atom stereocenters. The molecule has 0 aliphatic heterocycles. The summed E-state index contributed by atoms with van der Waals surface area (Å²) in [6.07, 6.45) is 6.31. The number of nitrogens with one attached hydrogen (secondary N) is 2. The monoisotopic (exact) mass is 325 g/mol. The van der Waals surface area contributed by atoms with Crippen LogP contribution in [0.2, 0.25) is 0 Å². The highest BCUT2D eigenvalue weighted by Gasteiger charge is 1.98. The molecular formula is C17H28FN3S. The fourth-order valence-corrected chi connectivity index (χ4v) is 2.58. The van der Waals surface area contributed by atoms with Gasteiger partial charge in [-0.2, -0.15) is 11.8 Å². The summed E-state index contributed by atoms with van der Waals surface area (Å²) in [7, 11) is 0. The number of halogens is 1. The summed E-state index contributed by atoms with van der Waals surface area (Å²) in [4.78, 5) is 4.56. The second-order valence-corrected chi connectivity index (χ2v) is 6.11. The average Bonchev–Trinajstić information content (AvgIpc) is 2.51. The van der Waals surface area contributed by atoms with Crippen molar-refractivity contribution in [2.45, 2.75) is 32.6 Å². The molecule has 0 radical (unpaired) electrons. The maximum Gasteiger partial charge on any atom is 0.191 e. The number of aliphatic imine (C=N–C) groups is 1. The van der Waals surface area contributed by atoms with Gasteiger partial charge in [0, 0.05) is 19.6 Å². The second kappa shape index (κ2) is 12.3. The van der Waals surface area contributed by atoms with Crippen LogP contribution in [0.4, 0.5) is 4.39 Å². The number of benzene rings is 1. The molecule has 0 aliphatic rings. The average molecular weight is 325 g/mol. The van der Waals surface area contributed by atoms with Crippen LogP contribution in [-0.4, -0.2) is 37.6 Å². The third-order valence-electron chi connectivity index (χ3n) is 3.19. The lowest BCUT2D eigenvalue weighted by atomic mass is 10.1. The minimum atomic E-state index is -0.166. The van der Waals surface area contributed by atoms with E-state index in [9.17, 15) is 4.39 Å². The zero-order valence-corrected chi connectivity index (χ0v) is 14.5. The van der Waals surface area contributed by atoms with E-state index in [1.54, 1.807) is 12.1 Å². The van der Waals surface area contributed by atoms with E-state index in [4.69, 9.17) is 0 Å². The van der Waals surface area contributed by atoms with Crippen LogP contribution in [0, 0.1) is 5.82 Å². The molecule has 124 valence electrons. The van der Waals surface area contributed by atoms with Crippen LogP contribution in [0.15, 0.2) is 29.3 Å². The van der Waals surface area contributed by atoms with E-state index in [2.05, 4.69) is 28.8 Å². The Kier molecular flexibility index (Phi) is 10.5. The summed E-state index contributed by atoms with van der Waals surface area (Å²) in [5.74, 6) is 1.93. The van der Waals surface area contributed by atoms with Crippen molar-refractivity contribution in [3.63, 3.8) is 0 Å². The molecule has 0 amide bonds. The Labute approximate surface area is 138 Å². The Balaban J connectivity index is 2.26. The van der Waals surface area contributed by atoms with Crippen molar-refractivity contribution >= 4 is 17.7 Å². The fourth-order valence-electron chi connectivity index (χ4n) is 2.09. The number of nitrogens with zero attached hydrogens (tertiary/aromatic N) is 1. The molecular weight excluding hydrogens is 297 g/mol. The van der Waals surface area contributed by atoms with Gasteiger partial charge < -0.3 is 10.6 Å². The van der Waals surface area contributed by atoms with Gasteiger partial charge in [0.2, 0.25) is 0 Å². The summed E-state index contributed by atoms with van der Waals surface area (Å²) in [6.45, 7) is 4.63. The highest BCUT2D eigenvalue weighted by molar-refractivity contribution is 7.98. The van der Waals surface area contributed by atoms with Gasteiger partial charge in [0.1, 0.15) is 5.82 Å². The van der Waals surface area contributed by atoms with Crippen molar-refractivity contribution < 1.29 is 4.39 Å². The van der Waals surface area contributed by atoms with Crippen molar-refractivity contribution in [1.82, 2.24) is 10.6 Å². The van der Waals surface area contributed by atoms with Crippen LogP contribution >= 0.6 is 11.8 Å². The number of hydrogen-bond donors (Lipinski definition) is 2. The third kappa shape index (κ3) is 8.93. The van der Waals surface area contributed by atoms with Gasteiger partial charge in [-0.05, 0) is 62.3 Å². The van der Waals surface area contributed by atoms with Gasteiger partial charge in [-0.1, -0.05) is 12.1 Å². The molecule has 1 aromatic rings. The molecule has 3 nitrogen and oxygen atoms in total. The van der Waals surface area contributed by atoms with Crippen LogP contribution in [0.3, 0.4) is 0 Å². The lowest BCUT2D eigenvalue weighted by Crippen LogP contribution is -2.37. The van der Waals surface area contributed by atoms with Gasteiger partial charge >= 0.3 is 0 Å². The largest absolute Gasteiger partial charge is 0.357 e. The molecule has 5 heteroatoms. The first-order valence-corrected chi connectivity index (χ1v) is 9.41. The number of unbranched alkanes of at least 4 members (excludes halogenated alkanes) is 1. The normalized spacial score (nSPS) is 11.5. The van der Waals surface area contributed by atoms with E-state index in [1.165, 1.54) is 18.2 Å². The molecule has 22 heavy (non-hydrogen) atoms. The zero-order chi connectivity index (χ0) is 16.0. The van der Waals surface area contributed by atoms with Crippen molar-refractivity contribution in [1.29, 1.82) is 0 Å². The Morgan fingerprint density at radius 1 is 1.23 bits per heavy atom. The number of guanidine groups is 1. The van der Waals surface area contributed by atoms with E-state index in [1.807, 2.05) is 17.8 Å². The number of hydrogen-bond acceptors (Lipinski definition) is 2. The van der Waals surface area contributed by atoms with Gasteiger partial charge in [0.15, 0.2) is 5.96 Å². The first-order valence-electron chi connectivity index (χ1n) is 8.01. The Morgan fingerprint density at radius 3 is 2.82 bits per heavy atom. The maximum absolute atomic E-state index is 13.1. The van der Waals surface area contributed by atoms with Gasteiger partial charge in [-0.25, -0.2) is 4.39 Å². The molecule has 0 aromatic heterocycles. The van der Waals surface area contributed by atoms with Crippen LogP contribution < -0.4 is 10.6 Å².